The minimum absolute atomic E-state index is 0.945. The van der Waals surface area contributed by atoms with Crippen LogP contribution in [-0.4, -0.2) is 9.97 Å². The van der Waals surface area contributed by atoms with Gasteiger partial charge in [-0.15, -0.1) is 0 Å². The molecule has 0 unspecified atom stereocenters. The maximum atomic E-state index is 4.07. The Labute approximate surface area is 67.4 Å². The average molecular weight is 150 g/mol. The zero-order chi connectivity index (χ0) is 7.94. The number of hydrogen-bond donors (Lipinski definition) is 1. The van der Waals surface area contributed by atoms with E-state index >= 15 is 0 Å². The second-order valence-electron chi connectivity index (χ2n) is 2.52. The van der Waals surface area contributed by atoms with E-state index in [2.05, 4.69) is 23.0 Å². The van der Waals surface area contributed by atoms with Crippen LogP contribution in [0.3, 0.4) is 0 Å². The fraction of sp³-hybridized carbons (Fsp3) is 0.444. The van der Waals surface area contributed by atoms with E-state index in [1.165, 1.54) is 12.8 Å². The molecular weight excluding hydrogens is 136 g/mol. The summed E-state index contributed by atoms with van der Waals surface area (Å²) in [7, 11) is 0. The van der Waals surface area contributed by atoms with Gasteiger partial charge in [0, 0.05) is 12.4 Å². The Balaban J connectivity index is 2.25. The SMILES string of the molecule is CCCC/C=C/c1ncc[nH]1. The van der Waals surface area contributed by atoms with Crippen molar-refractivity contribution in [1.82, 2.24) is 9.97 Å². The molecule has 0 saturated heterocycles. The average Bonchev–Trinajstić information content (AvgIpc) is 2.50. The summed E-state index contributed by atoms with van der Waals surface area (Å²) < 4.78 is 0. The Morgan fingerprint density at radius 3 is 3.18 bits per heavy atom. The van der Waals surface area contributed by atoms with Crippen molar-refractivity contribution < 1.29 is 0 Å². The summed E-state index contributed by atoms with van der Waals surface area (Å²) in [6.45, 7) is 2.20. The summed E-state index contributed by atoms with van der Waals surface area (Å²) in [5.74, 6) is 0.945. The van der Waals surface area contributed by atoms with Gasteiger partial charge in [-0.05, 0) is 12.5 Å². The molecule has 0 aromatic carbocycles. The molecule has 1 aromatic rings. The van der Waals surface area contributed by atoms with E-state index in [1.54, 1.807) is 6.20 Å². The molecule has 2 heteroatoms. The van der Waals surface area contributed by atoms with Crippen LogP contribution in [0.1, 0.15) is 32.0 Å². The number of nitrogens with one attached hydrogen (secondary N) is 1. The van der Waals surface area contributed by atoms with Gasteiger partial charge >= 0.3 is 0 Å². The maximum absolute atomic E-state index is 4.07. The Kier molecular flexibility index (Phi) is 3.45. The highest BCUT2D eigenvalue weighted by molar-refractivity contribution is 5.38. The van der Waals surface area contributed by atoms with Crippen molar-refractivity contribution in [1.29, 1.82) is 0 Å². The van der Waals surface area contributed by atoms with Crippen molar-refractivity contribution in [2.24, 2.45) is 0 Å². The lowest BCUT2D eigenvalue weighted by Crippen LogP contribution is -1.73. The summed E-state index contributed by atoms with van der Waals surface area (Å²) in [6.07, 6.45) is 11.4. The molecule has 0 fully saturated rings. The molecule has 0 aliphatic carbocycles. The number of aromatic amines is 1. The van der Waals surface area contributed by atoms with Gasteiger partial charge in [-0.1, -0.05) is 25.8 Å². The Morgan fingerprint density at radius 1 is 1.64 bits per heavy atom. The first-order chi connectivity index (χ1) is 5.43. The van der Waals surface area contributed by atoms with Crippen LogP contribution in [0.2, 0.25) is 0 Å². The molecule has 0 aliphatic heterocycles. The molecule has 1 rings (SSSR count). The number of rotatable bonds is 4. The standard InChI is InChI=1S/C9H14N2/c1-2-3-4-5-6-9-10-7-8-11-9/h5-8H,2-4H2,1H3,(H,10,11)/b6-5+. The van der Waals surface area contributed by atoms with Gasteiger partial charge in [0.05, 0.1) is 0 Å². The van der Waals surface area contributed by atoms with Gasteiger partial charge < -0.3 is 4.98 Å². The van der Waals surface area contributed by atoms with E-state index in [0.29, 0.717) is 0 Å². The predicted octanol–water partition coefficient (Wildman–Crippen LogP) is 2.61. The van der Waals surface area contributed by atoms with Gasteiger partial charge in [0.2, 0.25) is 0 Å². The number of allylic oxidation sites excluding steroid dienone is 1. The summed E-state index contributed by atoms with van der Waals surface area (Å²) in [5, 5.41) is 0. The van der Waals surface area contributed by atoms with Crippen molar-refractivity contribution in [2.75, 3.05) is 0 Å². The van der Waals surface area contributed by atoms with Crippen LogP contribution in [0.4, 0.5) is 0 Å². The highest BCUT2D eigenvalue weighted by atomic mass is 14.9. The molecular formula is C9H14N2. The molecule has 0 amide bonds. The van der Waals surface area contributed by atoms with Crippen LogP contribution in [0.15, 0.2) is 18.5 Å². The van der Waals surface area contributed by atoms with Crippen LogP contribution < -0.4 is 0 Å². The van der Waals surface area contributed by atoms with Crippen LogP contribution in [0, 0.1) is 0 Å². The molecule has 2 nitrogen and oxygen atoms in total. The maximum Gasteiger partial charge on any atom is 0.129 e. The number of aromatic nitrogens is 2. The quantitative estimate of drug-likeness (QED) is 0.657. The molecule has 1 N–H and O–H groups in total. The first kappa shape index (κ1) is 8.05. The van der Waals surface area contributed by atoms with Gasteiger partial charge in [0.15, 0.2) is 0 Å². The van der Waals surface area contributed by atoms with Gasteiger partial charge in [0.1, 0.15) is 5.82 Å². The third-order valence-corrected chi connectivity index (χ3v) is 1.52. The van der Waals surface area contributed by atoms with Gasteiger partial charge in [0.25, 0.3) is 0 Å². The van der Waals surface area contributed by atoms with Crippen LogP contribution in [0.5, 0.6) is 0 Å². The van der Waals surface area contributed by atoms with Crippen molar-refractivity contribution in [3.05, 3.63) is 24.3 Å². The van der Waals surface area contributed by atoms with Gasteiger partial charge in [-0.25, -0.2) is 4.98 Å². The molecule has 0 spiro atoms. The fourth-order valence-corrected chi connectivity index (χ4v) is 0.886. The largest absolute Gasteiger partial charge is 0.345 e. The third-order valence-electron chi connectivity index (χ3n) is 1.52. The van der Waals surface area contributed by atoms with Crippen LogP contribution in [0.25, 0.3) is 6.08 Å². The van der Waals surface area contributed by atoms with Crippen molar-refractivity contribution in [2.45, 2.75) is 26.2 Å². The molecule has 11 heavy (non-hydrogen) atoms. The van der Waals surface area contributed by atoms with E-state index in [9.17, 15) is 0 Å². The van der Waals surface area contributed by atoms with E-state index < -0.39 is 0 Å². The molecule has 1 heterocycles. The van der Waals surface area contributed by atoms with E-state index in [4.69, 9.17) is 0 Å². The smallest absolute Gasteiger partial charge is 0.129 e. The highest BCUT2D eigenvalue weighted by Crippen LogP contribution is 1.98. The normalized spacial score (nSPS) is 11.0. The van der Waals surface area contributed by atoms with Crippen LogP contribution >= 0.6 is 0 Å². The lowest BCUT2D eigenvalue weighted by molar-refractivity contribution is 0.816. The minimum atomic E-state index is 0.945. The van der Waals surface area contributed by atoms with E-state index in [1.807, 2.05) is 12.3 Å². The third kappa shape index (κ3) is 3.03. The monoisotopic (exact) mass is 150 g/mol. The lowest BCUT2D eigenvalue weighted by atomic mass is 10.2. The number of unbranched alkanes of at least 4 members (excludes halogenated alkanes) is 2. The Bertz CT molecular complexity index is 199. The van der Waals surface area contributed by atoms with Crippen molar-refractivity contribution in [3.8, 4) is 0 Å². The zero-order valence-corrected chi connectivity index (χ0v) is 6.88. The Hall–Kier alpha value is -1.05. The molecule has 0 aliphatic rings. The minimum Gasteiger partial charge on any atom is -0.345 e. The summed E-state index contributed by atoms with van der Waals surface area (Å²) in [6, 6.07) is 0. The Morgan fingerprint density at radius 2 is 2.55 bits per heavy atom. The number of nitrogens with zero attached hydrogens (tertiary/aromatic N) is 1. The first-order valence-corrected chi connectivity index (χ1v) is 4.09. The highest BCUT2D eigenvalue weighted by Gasteiger charge is 1.84. The zero-order valence-electron chi connectivity index (χ0n) is 6.88. The fourth-order valence-electron chi connectivity index (χ4n) is 0.886. The second kappa shape index (κ2) is 4.72. The number of H-pyrrole nitrogens is 1. The molecule has 0 atom stereocenters. The molecule has 0 bridgehead atoms. The molecule has 1 aromatic heterocycles. The topological polar surface area (TPSA) is 28.7 Å². The van der Waals surface area contributed by atoms with E-state index in [0.717, 1.165) is 12.2 Å². The molecule has 60 valence electrons. The van der Waals surface area contributed by atoms with Crippen molar-refractivity contribution >= 4 is 6.08 Å². The van der Waals surface area contributed by atoms with Crippen LogP contribution in [-0.2, 0) is 0 Å². The molecule has 0 radical (unpaired) electrons. The number of imidazole rings is 1. The second-order valence-corrected chi connectivity index (χ2v) is 2.52. The van der Waals surface area contributed by atoms with Gasteiger partial charge in [-0.2, -0.15) is 0 Å². The van der Waals surface area contributed by atoms with Gasteiger partial charge in [-0.3, -0.25) is 0 Å². The lowest BCUT2D eigenvalue weighted by Gasteiger charge is -1.86. The molecule has 0 saturated carbocycles. The first-order valence-electron chi connectivity index (χ1n) is 4.09. The van der Waals surface area contributed by atoms with E-state index in [-0.39, 0.29) is 0 Å². The summed E-state index contributed by atoms with van der Waals surface area (Å²) >= 11 is 0. The predicted molar refractivity (Wildman–Crippen MR) is 47.1 cm³/mol. The number of hydrogen-bond acceptors (Lipinski definition) is 1. The summed E-state index contributed by atoms with van der Waals surface area (Å²) in [4.78, 5) is 7.09. The summed E-state index contributed by atoms with van der Waals surface area (Å²) in [5.41, 5.74) is 0. The van der Waals surface area contributed by atoms with Crippen molar-refractivity contribution in [3.63, 3.8) is 0 Å².